The van der Waals surface area contributed by atoms with Crippen LogP contribution in [0.5, 0.6) is 5.75 Å². The highest BCUT2D eigenvalue weighted by atomic mass is 16.6. The summed E-state index contributed by atoms with van der Waals surface area (Å²) < 4.78 is 15.1. The molecule has 0 spiro atoms. The molecule has 0 radical (unpaired) electrons. The summed E-state index contributed by atoms with van der Waals surface area (Å²) in [5.74, 6) is -1.41. The third kappa shape index (κ3) is 6.07. The fourth-order valence-corrected chi connectivity index (χ4v) is 2.30. The predicted molar refractivity (Wildman–Crippen MR) is 103 cm³/mol. The molecule has 0 aliphatic carbocycles. The molecule has 29 heavy (non-hydrogen) atoms. The molecular weight excluding hydrogens is 376 g/mol. The first-order chi connectivity index (χ1) is 13.8. The van der Waals surface area contributed by atoms with Gasteiger partial charge in [-0.25, -0.2) is 9.59 Å². The number of amides is 1. The molecule has 1 N–H and O–H groups in total. The molecule has 2 rings (SSSR count). The van der Waals surface area contributed by atoms with Crippen LogP contribution in [0.3, 0.4) is 0 Å². The van der Waals surface area contributed by atoms with E-state index < -0.39 is 30.6 Å². The van der Waals surface area contributed by atoms with Gasteiger partial charge in [0.2, 0.25) is 0 Å². The van der Waals surface area contributed by atoms with E-state index in [1.165, 1.54) is 20.1 Å². The van der Waals surface area contributed by atoms with Crippen molar-refractivity contribution in [3.63, 3.8) is 0 Å². The predicted octanol–water partition coefficient (Wildman–Crippen LogP) is 2.60. The number of anilines is 1. The van der Waals surface area contributed by atoms with Crippen LogP contribution in [0.25, 0.3) is 0 Å². The summed E-state index contributed by atoms with van der Waals surface area (Å²) in [6.07, 6.45) is -0.944. The summed E-state index contributed by atoms with van der Waals surface area (Å²) in [6.45, 7) is 2.74. The number of hydrogen-bond donors (Lipinski definition) is 1. The van der Waals surface area contributed by atoms with Gasteiger partial charge in [-0.2, -0.15) is 5.26 Å². The van der Waals surface area contributed by atoms with Gasteiger partial charge in [-0.3, -0.25) is 4.79 Å². The van der Waals surface area contributed by atoms with E-state index in [2.05, 4.69) is 10.1 Å². The second kappa shape index (κ2) is 9.90. The molecule has 0 unspecified atom stereocenters. The molecule has 1 atom stereocenters. The maximum Gasteiger partial charge on any atom is 0.347 e. The lowest BCUT2D eigenvalue weighted by molar-refractivity contribution is -0.153. The molecule has 0 aliphatic heterocycles. The zero-order valence-corrected chi connectivity index (χ0v) is 16.2. The van der Waals surface area contributed by atoms with E-state index in [0.717, 1.165) is 5.56 Å². The minimum atomic E-state index is -0.944. The first-order valence-corrected chi connectivity index (χ1v) is 8.66. The number of nitriles is 1. The van der Waals surface area contributed by atoms with Crippen LogP contribution in [0.4, 0.5) is 5.69 Å². The Morgan fingerprint density at radius 1 is 1.14 bits per heavy atom. The van der Waals surface area contributed by atoms with Gasteiger partial charge in [-0.05, 0) is 55.8 Å². The van der Waals surface area contributed by atoms with Gasteiger partial charge in [0, 0.05) is 5.69 Å². The van der Waals surface area contributed by atoms with Crippen molar-refractivity contribution in [1.29, 1.82) is 5.26 Å². The molecule has 8 nitrogen and oxygen atoms in total. The quantitative estimate of drug-likeness (QED) is 0.715. The fourth-order valence-electron chi connectivity index (χ4n) is 2.30. The number of carbonyl (C=O) groups is 3. The Kier molecular flexibility index (Phi) is 7.32. The molecule has 0 bridgehead atoms. The van der Waals surface area contributed by atoms with Crippen molar-refractivity contribution < 1.29 is 28.6 Å². The van der Waals surface area contributed by atoms with Crippen molar-refractivity contribution >= 4 is 23.5 Å². The second-order valence-electron chi connectivity index (χ2n) is 6.07. The maximum absolute atomic E-state index is 12.1. The molecule has 0 aliphatic rings. The van der Waals surface area contributed by atoms with Gasteiger partial charge in [0.15, 0.2) is 12.7 Å². The minimum Gasteiger partial charge on any atom is -0.479 e. The molecule has 1 amide bonds. The summed E-state index contributed by atoms with van der Waals surface area (Å²) in [7, 11) is 1.26. The normalized spacial score (nSPS) is 11.0. The maximum atomic E-state index is 12.1. The molecule has 0 fully saturated rings. The SMILES string of the molecule is COC(=O)c1ccc(C)c(NC(=O)COC(=O)[C@@H](C)Oc2ccc(C#N)cc2)c1. The summed E-state index contributed by atoms with van der Waals surface area (Å²) in [5.41, 5.74) is 1.90. The smallest absolute Gasteiger partial charge is 0.347 e. The number of carbonyl (C=O) groups excluding carboxylic acids is 3. The molecule has 150 valence electrons. The largest absolute Gasteiger partial charge is 0.479 e. The van der Waals surface area contributed by atoms with Crippen molar-refractivity contribution in [2.45, 2.75) is 20.0 Å². The molecule has 0 saturated heterocycles. The second-order valence-corrected chi connectivity index (χ2v) is 6.07. The highest BCUT2D eigenvalue weighted by Crippen LogP contribution is 2.18. The van der Waals surface area contributed by atoms with Gasteiger partial charge < -0.3 is 19.5 Å². The first kappa shape index (κ1) is 21.4. The van der Waals surface area contributed by atoms with Gasteiger partial charge in [-0.1, -0.05) is 6.07 Å². The third-order valence-corrected chi connectivity index (χ3v) is 3.91. The van der Waals surface area contributed by atoms with Crippen LogP contribution in [-0.4, -0.2) is 37.7 Å². The van der Waals surface area contributed by atoms with Crippen molar-refractivity contribution in [2.24, 2.45) is 0 Å². The summed E-state index contributed by atoms with van der Waals surface area (Å²) in [6, 6.07) is 13.0. The topological polar surface area (TPSA) is 115 Å². The van der Waals surface area contributed by atoms with E-state index >= 15 is 0 Å². The van der Waals surface area contributed by atoms with Crippen LogP contribution in [0.15, 0.2) is 42.5 Å². The van der Waals surface area contributed by atoms with Crippen molar-refractivity contribution in [1.82, 2.24) is 0 Å². The highest BCUT2D eigenvalue weighted by Gasteiger charge is 2.18. The Morgan fingerprint density at radius 2 is 1.83 bits per heavy atom. The average molecular weight is 396 g/mol. The Morgan fingerprint density at radius 3 is 2.45 bits per heavy atom. The third-order valence-electron chi connectivity index (χ3n) is 3.91. The van der Waals surface area contributed by atoms with E-state index in [0.29, 0.717) is 17.0 Å². The zero-order chi connectivity index (χ0) is 21.4. The molecule has 0 heterocycles. The van der Waals surface area contributed by atoms with E-state index in [9.17, 15) is 14.4 Å². The number of rotatable bonds is 7. The van der Waals surface area contributed by atoms with Gasteiger partial charge in [0.05, 0.1) is 24.3 Å². The Labute approximate surface area is 168 Å². The van der Waals surface area contributed by atoms with E-state index in [1.807, 2.05) is 6.07 Å². The lowest BCUT2D eigenvalue weighted by Crippen LogP contribution is -2.29. The number of hydrogen-bond acceptors (Lipinski definition) is 7. The number of esters is 2. The lowest BCUT2D eigenvalue weighted by Gasteiger charge is -2.14. The van der Waals surface area contributed by atoms with E-state index in [-0.39, 0.29) is 5.56 Å². The lowest BCUT2D eigenvalue weighted by atomic mass is 10.1. The van der Waals surface area contributed by atoms with Gasteiger partial charge in [0.25, 0.3) is 5.91 Å². The van der Waals surface area contributed by atoms with Crippen LogP contribution >= 0.6 is 0 Å². The number of nitrogens with one attached hydrogen (secondary N) is 1. The van der Waals surface area contributed by atoms with Gasteiger partial charge in [0.1, 0.15) is 5.75 Å². The molecule has 0 saturated carbocycles. The standard InChI is InChI=1S/C21H20N2O6/c1-13-4-7-16(21(26)27-3)10-18(13)23-19(24)12-28-20(25)14(2)29-17-8-5-15(11-22)6-9-17/h4-10,14H,12H2,1-3H3,(H,23,24)/t14-/m1/s1. The van der Waals surface area contributed by atoms with Crippen molar-refractivity contribution in [2.75, 3.05) is 19.0 Å². The minimum absolute atomic E-state index is 0.287. The number of ether oxygens (including phenoxy) is 3. The van der Waals surface area contributed by atoms with Crippen molar-refractivity contribution in [3.8, 4) is 11.8 Å². The molecular formula is C21H20N2O6. The Bertz CT molecular complexity index is 947. The Balaban J connectivity index is 1.88. The molecule has 8 heteroatoms. The van der Waals surface area contributed by atoms with E-state index in [1.54, 1.807) is 43.3 Å². The molecule has 2 aromatic carbocycles. The van der Waals surface area contributed by atoms with Crippen LogP contribution < -0.4 is 10.1 Å². The Hall–Kier alpha value is -3.86. The van der Waals surface area contributed by atoms with Crippen LogP contribution in [0, 0.1) is 18.3 Å². The van der Waals surface area contributed by atoms with Crippen molar-refractivity contribution in [3.05, 3.63) is 59.2 Å². The van der Waals surface area contributed by atoms with Gasteiger partial charge in [-0.15, -0.1) is 0 Å². The van der Waals surface area contributed by atoms with Crippen LogP contribution in [0.1, 0.15) is 28.4 Å². The highest BCUT2D eigenvalue weighted by molar-refractivity contribution is 5.96. The zero-order valence-electron chi connectivity index (χ0n) is 16.2. The number of benzene rings is 2. The van der Waals surface area contributed by atoms with E-state index in [4.69, 9.17) is 14.7 Å². The summed E-state index contributed by atoms with van der Waals surface area (Å²) >= 11 is 0. The average Bonchev–Trinajstić information content (AvgIpc) is 2.73. The summed E-state index contributed by atoms with van der Waals surface area (Å²) in [5, 5.41) is 11.4. The van der Waals surface area contributed by atoms with Crippen LogP contribution in [-0.2, 0) is 19.1 Å². The van der Waals surface area contributed by atoms with Gasteiger partial charge >= 0.3 is 11.9 Å². The van der Waals surface area contributed by atoms with Crippen LogP contribution in [0.2, 0.25) is 0 Å². The monoisotopic (exact) mass is 396 g/mol. The molecule has 2 aromatic rings. The number of methoxy groups -OCH3 is 1. The first-order valence-electron chi connectivity index (χ1n) is 8.66. The fraction of sp³-hybridized carbons (Fsp3) is 0.238. The number of aryl methyl sites for hydroxylation is 1. The number of nitrogens with zero attached hydrogens (tertiary/aromatic N) is 1. The summed E-state index contributed by atoms with van der Waals surface area (Å²) in [4.78, 5) is 35.7. The molecule has 0 aromatic heterocycles.